The van der Waals surface area contributed by atoms with Gasteiger partial charge in [0.25, 0.3) is 7.82 Å². The summed E-state index contributed by atoms with van der Waals surface area (Å²) < 4.78 is 23.1. The Morgan fingerprint density at radius 3 is 1.67 bits per heavy atom. The molecule has 300 valence electrons. The molecule has 0 saturated carbocycles. The van der Waals surface area contributed by atoms with Crippen molar-refractivity contribution in [2.24, 2.45) is 0 Å². The predicted octanol–water partition coefficient (Wildman–Crippen LogP) is 10.2. The number of unbranched alkanes of at least 4 members (excludes halogenated alkanes) is 10. The van der Waals surface area contributed by atoms with Crippen molar-refractivity contribution in [3.8, 4) is 0 Å². The van der Waals surface area contributed by atoms with Gasteiger partial charge in [0.1, 0.15) is 13.2 Å². The number of hydrogen-bond acceptors (Lipinski definition) is 6. The SMILES string of the molecule is CC/C=C\C/C=C\C/C=C\C/C=C\C/C=C\C/C=C\CCCCC(=O)NC(COP(=O)([O-])OCC[N+](C)(C)C)C(O)CCCCCCCCCCC. The molecule has 52 heavy (non-hydrogen) atoms. The van der Waals surface area contributed by atoms with Gasteiger partial charge in [-0.2, -0.15) is 0 Å². The van der Waals surface area contributed by atoms with E-state index in [-0.39, 0.29) is 19.1 Å². The number of aliphatic hydroxyl groups excluding tert-OH is 1. The molecule has 0 fully saturated rings. The zero-order chi connectivity index (χ0) is 38.6. The molecule has 0 aliphatic rings. The Bertz CT molecular complexity index is 1080. The Morgan fingerprint density at radius 2 is 1.17 bits per heavy atom. The Kier molecular flexibility index (Phi) is 33.3. The van der Waals surface area contributed by atoms with E-state index in [9.17, 15) is 19.4 Å². The summed E-state index contributed by atoms with van der Waals surface area (Å²) in [5, 5.41) is 13.8. The van der Waals surface area contributed by atoms with Gasteiger partial charge in [-0.3, -0.25) is 9.36 Å². The molecule has 1 amide bonds. The highest BCUT2D eigenvalue weighted by molar-refractivity contribution is 7.45. The summed E-state index contributed by atoms with van der Waals surface area (Å²) >= 11 is 0. The number of hydrogen-bond donors (Lipinski definition) is 2. The van der Waals surface area contributed by atoms with Crippen LogP contribution < -0.4 is 10.2 Å². The third kappa shape index (κ3) is 36.3. The molecule has 0 radical (unpaired) electrons. The Balaban J connectivity index is 4.46. The predicted molar refractivity (Wildman–Crippen MR) is 219 cm³/mol. The first kappa shape index (κ1) is 49.9. The second kappa shape index (κ2) is 34.7. The van der Waals surface area contributed by atoms with Crippen LogP contribution in [0.3, 0.4) is 0 Å². The first-order chi connectivity index (χ1) is 25.0. The van der Waals surface area contributed by atoms with Gasteiger partial charge in [0.2, 0.25) is 5.91 Å². The quantitative estimate of drug-likeness (QED) is 0.0289. The molecule has 0 heterocycles. The Morgan fingerprint density at radius 1 is 0.692 bits per heavy atom. The highest BCUT2D eigenvalue weighted by Crippen LogP contribution is 2.38. The second-order valence-corrected chi connectivity index (χ2v) is 16.0. The average molecular weight is 749 g/mol. The van der Waals surface area contributed by atoms with E-state index in [1.165, 1.54) is 38.5 Å². The van der Waals surface area contributed by atoms with Crippen LogP contribution in [0.15, 0.2) is 72.9 Å². The van der Waals surface area contributed by atoms with Crippen LogP contribution in [0.5, 0.6) is 0 Å². The molecule has 0 bridgehead atoms. The first-order valence-corrected chi connectivity index (χ1v) is 21.7. The third-order valence-electron chi connectivity index (χ3n) is 8.46. The van der Waals surface area contributed by atoms with Gasteiger partial charge >= 0.3 is 0 Å². The first-order valence-electron chi connectivity index (χ1n) is 20.3. The van der Waals surface area contributed by atoms with Crippen molar-refractivity contribution < 1.29 is 32.9 Å². The lowest BCUT2D eigenvalue weighted by molar-refractivity contribution is -0.870. The molecule has 0 aliphatic heterocycles. The van der Waals surface area contributed by atoms with E-state index in [0.717, 1.165) is 70.6 Å². The third-order valence-corrected chi connectivity index (χ3v) is 9.42. The number of amides is 1. The number of rotatable bonds is 35. The highest BCUT2D eigenvalue weighted by Gasteiger charge is 2.24. The number of carbonyl (C=O) groups excluding carboxylic acids is 1. The molecular weight excluding hydrogens is 671 g/mol. The minimum absolute atomic E-state index is 0.000926. The molecule has 0 spiro atoms. The van der Waals surface area contributed by atoms with E-state index in [1.807, 2.05) is 21.1 Å². The highest BCUT2D eigenvalue weighted by atomic mass is 31.2. The van der Waals surface area contributed by atoms with E-state index < -0.39 is 20.0 Å². The number of quaternary nitrogens is 1. The minimum Gasteiger partial charge on any atom is -0.756 e. The van der Waals surface area contributed by atoms with Crippen LogP contribution in [0.4, 0.5) is 0 Å². The number of likely N-dealkylation sites (N-methyl/N-ethyl adjacent to an activating group) is 1. The van der Waals surface area contributed by atoms with E-state index >= 15 is 0 Å². The fraction of sp³-hybridized carbons (Fsp3) is 0.698. The van der Waals surface area contributed by atoms with Crippen LogP contribution in [0.25, 0.3) is 0 Å². The monoisotopic (exact) mass is 749 g/mol. The maximum Gasteiger partial charge on any atom is 0.268 e. The molecule has 0 aromatic carbocycles. The number of allylic oxidation sites excluding steroid dienone is 12. The second-order valence-electron chi connectivity index (χ2n) is 14.6. The lowest BCUT2D eigenvalue weighted by Crippen LogP contribution is -2.46. The number of carbonyl (C=O) groups is 1. The molecule has 9 heteroatoms. The summed E-state index contributed by atoms with van der Waals surface area (Å²) in [6.45, 7) is 4.51. The van der Waals surface area contributed by atoms with Gasteiger partial charge in [-0.25, -0.2) is 0 Å². The normalized spacial score (nSPS) is 15.3. The molecule has 0 rings (SSSR count). The van der Waals surface area contributed by atoms with Crippen molar-refractivity contribution in [1.29, 1.82) is 0 Å². The zero-order valence-electron chi connectivity index (χ0n) is 33.7. The van der Waals surface area contributed by atoms with Gasteiger partial charge < -0.3 is 28.8 Å². The molecule has 2 N–H and O–H groups in total. The standard InChI is InChI=1S/C43H77N2O6P/c1-6-8-10-12-14-16-17-18-19-20-21-22-23-24-25-26-27-29-31-33-35-37-43(47)44-41(40-51-52(48,49)50-39-38-45(3,4)5)42(46)36-34-32-30-28-15-13-11-9-7-2/h8,10,14,16,18-19,21-22,24-25,27,29,41-42,46H,6-7,9,11-13,15,17,20,23,26,28,30-40H2,1-5H3,(H-,44,47,48,49)/b10-8-,16-14-,19-18-,22-21-,25-24-,29-27-. The van der Waals surface area contributed by atoms with Gasteiger partial charge in [-0.15, -0.1) is 0 Å². The van der Waals surface area contributed by atoms with Crippen molar-refractivity contribution in [2.45, 2.75) is 154 Å². The van der Waals surface area contributed by atoms with Gasteiger partial charge in [-0.05, 0) is 64.2 Å². The van der Waals surface area contributed by atoms with Gasteiger partial charge in [0, 0.05) is 6.42 Å². The van der Waals surface area contributed by atoms with E-state index in [0.29, 0.717) is 30.3 Å². The number of aliphatic hydroxyl groups is 1. The van der Waals surface area contributed by atoms with Crippen molar-refractivity contribution in [3.63, 3.8) is 0 Å². The lowest BCUT2D eigenvalue weighted by Gasteiger charge is -2.30. The van der Waals surface area contributed by atoms with Gasteiger partial charge in [-0.1, -0.05) is 145 Å². The Labute approximate surface area is 319 Å². The lowest BCUT2D eigenvalue weighted by atomic mass is 10.0. The van der Waals surface area contributed by atoms with Crippen LogP contribution in [0.1, 0.15) is 142 Å². The largest absolute Gasteiger partial charge is 0.756 e. The summed E-state index contributed by atoms with van der Waals surface area (Å²) in [5.41, 5.74) is 0. The summed E-state index contributed by atoms with van der Waals surface area (Å²) in [7, 11) is 1.26. The molecule has 0 saturated heterocycles. The van der Waals surface area contributed by atoms with Crippen LogP contribution >= 0.6 is 7.82 Å². The van der Waals surface area contributed by atoms with E-state index in [4.69, 9.17) is 9.05 Å². The molecule has 3 unspecified atom stereocenters. The summed E-state index contributed by atoms with van der Waals surface area (Å²) in [5.74, 6) is -0.214. The molecule has 0 aliphatic carbocycles. The summed E-state index contributed by atoms with van der Waals surface area (Å²) in [6.07, 6.45) is 44.8. The zero-order valence-corrected chi connectivity index (χ0v) is 34.6. The summed E-state index contributed by atoms with van der Waals surface area (Å²) in [4.78, 5) is 25.2. The van der Waals surface area contributed by atoms with Crippen molar-refractivity contribution >= 4 is 13.7 Å². The topological polar surface area (TPSA) is 108 Å². The molecule has 0 aromatic rings. The van der Waals surface area contributed by atoms with Crippen molar-refractivity contribution in [1.82, 2.24) is 5.32 Å². The molecule has 8 nitrogen and oxygen atoms in total. The number of nitrogens with one attached hydrogen (secondary N) is 1. The maximum atomic E-state index is 12.8. The van der Waals surface area contributed by atoms with Gasteiger partial charge in [0.15, 0.2) is 0 Å². The van der Waals surface area contributed by atoms with Crippen molar-refractivity contribution in [2.75, 3.05) is 40.9 Å². The smallest absolute Gasteiger partial charge is 0.268 e. The van der Waals surface area contributed by atoms with Crippen LogP contribution in [0, 0.1) is 0 Å². The average Bonchev–Trinajstić information content (AvgIpc) is 3.09. The van der Waals surface area contributed by atoms with E-state index in [2.05, 4.69) is 92.1 Å². The maximum absolute atomic E-state index is 12.8. The fourth-order valence-electron chi connectivity index (χ4n) is 5.22. The fourth-order valence-corrected chi connectivity index (χ4v) is 5.94. The minimum atomic E-state index is -4.57. The van der Waals surface area contributed by atoms with Crippen LogP contribution in [-0.2, 0) is 18.4 Å². The molecule has 0 aromatic heterocycles. The van der Waals surface area contributed by atoms with Crippen LogP contribution in [0.2, 0.25) is 0 Å². The molecular formula is C43H77N2O6P. The molecule has 3 atom stereocenters. The van der Waals surface area contributed by atoms with Crippen LogP contribution in [-0.4, -0.2) is 68.5 Å². The summed E-state index contributed by atoms with van der Waals surface area (Å²) in [6, 6.07) is -0.825. The van der Waals surface area contributed by atoms with E-state index in [1.54, 1.807) is 0 Å². The van der Waals surface area contributed by atoms with Gasteiger partial charge in [0.05, 0.1) is 39.9 Å². The number of nitrogens with zero attached hydrogens (tertiary/aromatic N) is 1. The number of phosphoric ester groups is 1. The number of phosphoric acid groups is 1. The van der Waals surface area contributed by atoms with Crippen molar-refractivity contribution in [3.05, 3.63) is 72.9 Å². The Hall–Kier alpha value is -2.06.